The van der Waals surface area contributed by atoms with Gasteiger partial charge in [0.2, 0.25) is 0 Å². The summed E-state index contributed by atoms with van der Waals surface area (Å²) in [6.07, 6.45) is 0. The van der Waals surface area contributed by atoms with Crippen molar-refractivity contribution in [3.05, 3.63) is 108 Å². The summed E-state index contributed by atoms with van der Waals surface area (Å²) in [7, 11) is 0. The van der Waals surface area contributed by atoms with Gasteiger partial charge in [0.25, 0.3) is 5.91 Å². The molecule has 4 aromatic rings. The van der Waals surface area contributed by atoms with E-state index < -0.39 is 0 Å². The summed E-state index contributed by atoms with van der Waals surface area (Å²) < 4.78 is 5.58. The molecule has 0 saturated carbocycles. The highest BCUT2D eigenvalue weighted by atomic mass is 32.2. The first kappa shape index (κ1) is 20.7. The molecule has 3 nitrogen and oxygen atoms in total. The molecule has 30 heavy (non-hydrogen) atoms. The van der Waals surface area contributed by atoms with Gasteiger partial charge < -0.3 is 5.32 Å². The predicted octanol–water partition coefficient (Wildman–Crippen LogP) is 6.98. The van der Waals surface area contributed by atoms with Crippen molar-refractivity contribution in [1.29, 1.82) is 0 Å². The van der Waals surface area contributed by atoms with Crippen LogP contribution in [0, 0.1) is 0 Å². The molecule has 1 N–H and O–H groups in total. The van der Waals surface area contributed by atoms with Gasteiger partial charge in [0.15, 0.2) is 0 Å². The maximum atomic E-state index is 13.2. The maximum Gasteiger partial charge on any atom is 0.260 e. The quantitative estimate of drug-likeness (QED) is 0.295. The monoisotopic (exact) mass is 448 g/mol. The number of nitrogens with zero attached hydrogens (tertiary/aromatic N) is 1. The van der Waals surface area contributed by atoms with Crippen molar-refractivity contribution in [3.8, 4) is 0 Å². The first-order valence-electron chi connectivity index (χ1n) is 9.49. The van der Waals surface area contributed by atoms with Crippen molar-refractivity contribution >= 4 is 46.7 Å². The third-order valence-electron chi connectivity index (χ3n) is 4.32. The highest BCUT2D eigenvalue weighted by Gasteiger charge is 2.22. The van der Waals surface area contributed by atoms with E-state index in [-0.39, 0.29) is 5.91 Å². The topological polar surface area (TPSA) is 42.0 Å². The van der Waals surface area contributed by atoms with Crippen LogP contribution >= 0.6 is 35.1 Å². The fourth-order valence-electron chi connectivity index (χ4n) is 2.81. The van der Waals surface area contributed by atoms with Crippen molar-refractivity contribution in [1.82, 2.24) is 4.37 Å². The molecule has 1 aromatic heterocycles. The Bertz CT molecular complexity index is 1020. The zero-order valence-electron chi connectivity index (χ0n) is 16.2. The molecule has 1 amide bonds. The van der Waals surface area contributed by atoms with Crippen LogP contribution in [-0.2, 0) is 11.5 Å². The van der Waals surface area contributed by atoms with Gasteiger partial charge in [-0.25, -0.2) is 0 Å². The molecular formula is C24H20N2OS3. The molecule has 0 atom stereocenters. The average Bonchev–Trinajstić information content (AvgIpc) is 3.21. The van der Waals surface area contributed by atoms with Crippen molar-refractivity contribution < 1.29 is 4.79 Å². The smallest absolute Gasteiger partial charge is 0.260 e. The van der Waals surface area contributed by atoms with Crippen molar-refractivity contribution in [2.45, 2.75) is 20.7 Å². The summed E-state index contributed by atoms with van der Waals surface area (Å²) in [6, 6.07) is 30.1. The Morgan fingerprint density at radius 2 is 1.30 bits per heavy atom. The molecule has 0 spiro atoms. The third kappa shape index (κ3) is 5.53. The second-order valence-corrected chi connectivity index (χ2v) is 9.50. The Morgan fingerprint density at radius 1 is 0.767 bits per heavy atom. The molecule has 6 heteroatoms. The van der Waals surface area contributed by atoms with E-state index in [1.54, 1.807) is 23.5 Å². The van der Waals surface area contributed by atoms with Crippen LogP contribution in [0.2, 0.25) is 0 Å². The predicted molar refractivity (Wildman–Crippen MR) is 129 cm³/mol. The molecule has 0 bridgehead atoms. The number of amides is 1. The number of benzene rings is 3. The highest BCUT2D eigenvalue weighted by molar-refractivity contribution is 8.01. The fourth-order valence-corrected chi connectivity index (χ4v) is 5.96. The molecular weight excluding hydrogens is 428 g/mol. The van der Waals surface area contributed by atoms with Gasteiger partial charge in [-0.1, -0.05) is 90.6 Å². The molecule has 0 aliphatic carbocycles. The first-order valence-corrected chi connectivity index (χ1v) is 12.2. The number of hydrogen-bond acceptors (Lipinski definition) is 5. The van der Waals surface area contributed by atoms with Crippen LogP contribution in [-0.4, -0.2) is 10.3 Å². The zero-order valence-corrected chi connectivity index (χ0v) is 18.6. The molecule has 3 aromatic carbocycles. The SMILES string of the molecule is O=C(Nc1ccccc1)c1c(SCc2ccccc2)nsc1SCc1ccccc1. The summed E-state index contributed by atoms with van der Waals surface area (Å²) >= 11 is 4.67. The minimum absolute atomic E-state index is 0.110. The lowest BCUT2D eigenvalue weighted by atomic mass is 10.2. The van der Waals surface area contributed by atoms with E-state index in [0.717, 1.165) is 26.4 Å². The summed E-state index contributed by atoms with van der Waals surface area (Å²) in [4.78, 5) is 13.2. The summed E-state index contributed by atoms with van der Waals surface area (Å²) in [5, 5.41) is 3.81. The molecule has 0 aliphatic rings. The number of carbonyl (C=O) groups is 1. The number of rotatable bonds is 8. The van der Waals surface area contributed by atoms with Gasteiger partial charge in [0, 0.05) is 17.2 Å². The molecule has 0 saturated heterocycles. The number of aromatic nitrogens is 1. The van der Waals surface area contributed by atoms with Crippen LogP contribution in [0.1, 0.15) is 21.5 Å². The van der Waals surface area contributed by atoms with E-state index >= 15 is 0 Å². The molecule has 4 rings (SSSR count). The van der Waals surface area contributed by atoms with E-state index in [1.165, 1.54) is 22.7 Å². The number of thioether (sulfide) groups is 2. The van der Waals surface area contributed by atoms with Gasteiger partial charge in [-0.15, -0.1) is 11.8 Å². The van der Waals surface area contributed by atoms with Gasteiger partial charge in [-0.2, -0.15) is 4.37 Å². The summed E-state index contributed by atoms with van der Waals surface area (Å²) in [6.45, 7) is 0. The van der Waals surface area contributed by atoms with Crippen LogP contribution in [0.5, 0.6) is 0 Å². The third-order valence-corrected chi connectivity index (χ3v) is 7.65. The van der Waals surface area contributed by atoms with Gasteiger partial charge in [0.1, 0.15) is 5.03 Å². The fraction of sp³-hybridized carbons (Fsp3) is 0.0833. The molecule has 150 valence electrons. The lowest BCUT2D eigenvalue weighted by molar-refractivity contribution is 0.102. The number of hydrogen-bond donors (Lipinski definition) is 1. The van der Waals surface area contributed by atoms with Crippen LogP contribution in [0.4, 0.5) is 5.69 Å². The van der Waals surface area contributed by atoms with Crippen LogP contribution in [0.15, 0.2) is 100 Å². The van der Waals surface area contributed by atoms with Crippen LogP contribution < -0.4 is 5.32 Å². The Kier molecular flexibility index (Phi) is 7.24. The lowest BCUT2D eigenvalue weighted by Gasteiger charge is -2.08. The number of para-hydroxylation sites is 1. The molecule has 0 fully saturated rings. The van der Waals surface area contributed by atoms with Crippen LogP contribution in [0.3, 0.4) is 0 Å². The second kappa shape index (κ2) is 10.5. The highest BCUT2D eigenvalue weighted by Crippen LogP contribution is 2.37. The summed E-state index contributed by atoms with van der Waals surface area (Å²) in [5.41, 5.74) is 3.89. The van der Waals surface area contributed by atoms with Gasteiger partial charge >= 0.3 is 0 Å². The van der Waals surface area contributed by atoms with Gasteiger partial charge in [0.05, 0.1) is 9.77 Å². The molecule has 0 unspecified atom stereocenters. The normalized spacial score (nSPS) is 10.7. The minimum Gasteiger partial charge on any atom is -0.322 e. The van der Waals surface area contributed by atoms with Crippen molar-refractivity contribution in [2.75, 3.05) is 5.32 Å². The number of carbonyl (C=O) groups excluding carboxylic acids is 1. The largest absolute Gasteiger partial charge is 0.322 e. The minimum atomic E-state index is -0.110. The maximum absolute atomic E-state index is 13.2. The lowest BCUT2D eigenvalue weighted by Crippen LogP contribution is -2.13. The van der Waals surface area contributed by atoms with Gasteiger partial charge in [-0.3, -0.25) is 4.79 Å². The standard InChI is InChI=1S/C24H20N2OS3/c27-22(25-20-14-8-3-9-15-20)21-23(28-16-18-10-4-1-5-11-18)26-30-24(21)29-17-19-12-6-2-7-13-19/h1-15H,16-17H2,(H,25,27). The Hall–Kier alpha value is -2.54. The molecule has 0 aliphatic heterocycles. The number of nitrogens with one attached hydrogen (secondary N) is 1. The first-order chi connectivity index (χ1) is 14.8. The molecule has 0 radical (unpaired) electrons. The van der Waals surface area contributed by atoms with E-state index in [9.17, 15) is 4.79 Å². The Morgan fingerprint density at radius 3 is 1.90 bits per heavy atom. The second-order valence-electron chi connectivity index (χ2n) is 6.52. The average molecular weight is 449 g/mol. The zero-order chi connectivity index (χ0) is 20.6. The molecule has 1 heterocycles. The number of anilines is 1. The Balaban J connectivity index is 1.55. The van der Waals surface area contributed by atoms with E-state index in [2.05, 4.69) is 34.0 Å². The summed E-state index contributed by atoms with van der Waals surface area (Å²) in [5.74, 6) is 1.47. The van der Waals surface area contributed by atoms with E-state index in [1.807, 2.05) is 66.7 Å². The van der Waals surface area contributed by atoms with Crippen LogP contribution in [0.25, 0.3) is 0 Å². The van der Waals surface area contributed by atoms with Gasteiger partial charge in [-0.05, 0) is 34.8 Å². The van der Waals surface area contributed by atoms with E-state index in [4.69, 9.17) is 0 Å². The van der Waals surface area contributed by atoms with Crippen molar-refractivity contribution in [3.63, 3.8) is 0 Å². The Labute approximate surface area is 189 Å². The van der Waals surface area contributed by atoms with Crippen molar-refractivity contribution in [2.24, 2.45) is 0 Å². The van der Waals surface area contributed by atoms with E-state index in [0.29, 0.717) is 5.56 Å².